The van der Waals surface area contributed by atoms with Crippen LogP contribution in [0.25, 0.3) is 0 Å². The van der Waals surface area contributed by atoms with Gasteiger partial charge in [-0.05, 0) is 30.9 Å². The molecule has 1 atom stereocenters. The van der Waals surface area contributed by atoms with Crippen LogP contribution in [0.5, 0.6) is 0 Å². The van der Waals surface area contributed by atoms with Gasteiger partial charge < -0.3 is 15.4 Å². The number of hydrogen-bond donors (Lipinski definition) is 2. The summed E-state index contributed by atoms with van der Waals surface area (Å²) in [4.78, 5) is 48.9. The highest BCUT2D eigenvalue weighted by atomic mass is 16.5. The first-order valence-electron chi connectivity index (χ1n) is 8.21. The highest BCUT2D eigenvalue weighted by Gasteiger charge is 2.30. The minimum Gasteiger partial charge on any atom is -0.449 e. The third-order valence-electron chi connectivity index (χ3n) is 4.24. The van der Waals surface area contributed by atoms with Crippen LogP contribution in [0.2, 0.25) is 0 Å². The molecule has 0 saturated carbocycles. The monoisotopic (exact) mass is 345 g/mol. The molecule has 2 saturated heterocycles. The fourth-order valence-corrected chi connectivity index (χ4v) is 2.86. The van der Waals surface area contributed by atoms with E-state index in [1.807, 2.05) is 0 Å². The molecule has 2 aliphatic heterocycles. The van der Waals surface area contributed by atoms with Crippen LogP contribution in [0.4, 0.5) is 4.79 Å². The molecule has 2 fully saturated rings. The maximum atomic E-state index is 12.5. The lowest BCUT2D eigenvalue weighted by atomic mass is 10.1. The Morgan fingerprint density at radius 1 is 1.16 bits per heavy atom. The second kappa shape index (κ2) is 7.33. The molecule has 4 amide bonds. The van der Waals surface area contributed by atoms with Gasteiger partial charge in [0.2, 0.25) is 5.91 Å². The van der Waals surface area contributed by atoms with Gasteiger partial charge in [0.15, 0.2) is 6.10 Å². The van der Waals surface area contributed by atoms with Crippen molar-refractivity contribution in [3.8, 4) is 0 Å². The molecule has 0 radical (unpaired) electrons. The minimum absolute atomic E-state index is 0.0210. The lowest BCUT2D eigenvalue weighted by Crippen LogP contribution is -2.36. The third kappa shape index (κ3) is 3.78. The first-order chi connectivity index (χ1) is 12.1. The van der Waals surface area contributed by atoms with E-state index in [1.54, 1.807) is 24.3 Å². The summed E-state index contributed by atoms with van der Waals surface area (Å²) < 4.78 is 5.37. The van der Waals surface area contributed by atoms with E-state index in [9.17, 15) is 19.2 Å². The van der Waals surface area contributed by atoms with Crippen molar-refractivity contribution in [3.63, 3.8) is 0 Å². The van der Waals surface area contributed by atoms with Crippen LogP contribution in [0.15, 0.2) is 24.3 Å². The largest absolute Gasteiger partial charge is 0.449 e. The highest BCUT2D eigenvalue weighted by Crippen LogP contribution is 2.17. The van der Waals surface area contributed by atoms with Crippen molar-refractivity contribution >= 4 is 23.8 Å². The Bertz CT molecular complexity index is 702. The summed E-state index contributed by atoms with van der Waals surface area (Å²) in [6.07, 6.45) is 1.30. The van der Waals surface area contributed by atoms with Gasteiger partial charge in [-0.1, -0.05) is 18.2 Å². The van der Waals surface area contributed by atoms with Gasteiger partial charge in [-0.15, -0.1) is 0 Å². The van der Waals surface area contributed by atoms with Crippen molar-refractivity contribution < 1.29 is 23.9 Å². The fraction of sp³-hybridized carbons (Fsp3) is 0.412. The smallest absolute Gasteiger partial charge is 0.339 e. The summed E-state index contributed by atoms with van der Waals surface area (Å²) in [5.74, 6) is -1.28. The average molecular weight is 345 g/mol. The van der Waals surface area contributed by atoms with Gasteiger partial charge in [0.05, 0.1) is 18.7 Å². The molecular formula is C17H19N3O5. The lowest BCUT2D eigenvalue weighted by molar-refractivity contribution is -0.129. The van der Waals surface area contributed by atoms with Crippen molar-refractivity contribution in [2.45, 2.75) is 31.9 Å². The fourth-order valence-electron chi connectivity index (χ4n) is 2.86. The van der Waals surface area contributed by atoms with Crippen LogP contribution in [0, 0.1) is 0 Å². The number of carbonyl (C=O) groups excluding carboxylic acids is 4. The maximum absolute atomic E-state index is 12.5. The molecule has 3 rings (SSSR count). The predicted octanol–water partition coefficient (Wildman–Crippen LogP) is 0.564. The molecule has 0 aliphatic carbocycles. The van der Waals surface area contributed by atoms with Crippen LogP contribution in [-0.2, 0) is 20.9 Å². The molecule has 8 nitrogen and oxygen atoms in total. The molecule has 1 unspecified atom stereocenters. The molecule has 2 heterocycles. The Hall–Kier alpha value is -2.90. The van der Waals surface area contributed by atoms with E-state index < -0.39 is 18.1 Å². The topological polar surface area (TPSA) is 105 Å². The number of amides is 4. The molecule has 2 aliphatic rings. The molecule has 8 heteroatoms. The van der Waals surface area contributed by atoms with Crippen LogP contribution in [0.1, 0.15) is 35.2 Å². The zero-order valence-corrected chi connectivity index (χ0v) is 13.6. The number of hydrogen-bond acceptors (Lipinski definition) is 5. The SMILES string of the molecule is O=C(OC1CCCCNC1=O)c1ccccc1CN1C(=O)CNC1=O. The van der Waals surface area contributed by atoms with Crippen molar-refractivity contribution in [1.82, 2.24) is 15.5 Å². The molecule has 1 aromatic rings. The van der Waals surface area contributed by atoms with Crippen LogP contribution < -0.4 is 10.6 Å². The van der Waals surface area contributed by atoms with Gasteiger partial charge in [0, 0.05) is 6.54 Å². The minimum atomic E-state index is -0.820. The quantitative estimate of drug-likeness (QED) is 0.613. The molecule has 1 aromatic carbocycles. The average Bonchev–Trinajstić information content (AvgIpc) is 2.80. The Kier molecular flexibility index (Phi) is 4.97. The molecule has 0 bridgehead atoms. The molecule has 0 spiro atoms. The van der Waals surface area contributed by atoms with Crippen molar-refractivity contribution in [1.29, 1.82) is 0 Å². The van der Waals surface area contributed by atoms with E-state index in [-0.39, 0.29) is 30.5 Å². The van der Waals surface area contributed by atoms with E-state index in [1.165, 1.54) is 0 Å². The number of carbonyl (C=O) groups is 4. The molecule has 2 N–H and O–H groups in total. The Morgan fingerprint density at radius 3 is 2.72 bits per heavy atom. The Balaban J connectivity index is 1.75. The van der Waals surface area contributed by atoms with Crippen molar-refractivity contribution in [2.24, 2.45) is 0 Å². The lowest BCUT2D eigenvalue weighted by Gasteiger charge is -2.18. The van der Waals surface area contributed by atoms with Crippen LogP contribution >= 0.6 is 0 Å². The molecule has 0 aromatic heterocycles. The number of esters is 1. The molecular weight excluding hydrogens is 326 g/mol. The second-order valence-electron chi connectivity index (χ2n) is 5.98. The number of rotatable bonds is 4. The molecule has 132 valence electrons. The van der Waals surface area contributed by atoms with Crippen LogP contribution in [-0.4, -0.2) is 47.9 Å². The van der Waals surface area contributed by atoms with E-state index in [4.69, 9.17) is 4.74 Å². The normalized spacial score (nSPS) is 20.7. The standard InChI is InChI=1S/C17H19N3O5/c21-14-9-19-17(24)20(14)10-11-5-1-2-6-12(11)16(23)25-13-7-3-4-8-18-15(13)22/h1-2,5-6,13H,3-4,7-10H2,(H,18,22)(H,19,24). The van der Waals surface area contributed by atoms with Gasteiger partial charge in [-0.3, -0.25) is 14.5 Å². The second-order valence-corrected chi connectivity index (χ2v) is 5.98. The summed E-state index contributed by atoms with van der Waals surface area (Å²) in [5, 5.41) is 5.15. The van der Waals surface area contributed by atoms with Gasteiger partial charge in [-0.25, -0.2) is 9.59 Å². The highest BCUT2D eigenvalue weighted by molar-refractivity contribution is 6.02. The van der Waals surface area contributed by atoms with E-state index >= 15 is 0 Å². The van der Waals surface area contributed by atoms with E-state index in [2.05, 4.69) is 10.6 Å². The number of urea groups is 1. The van der Waals surface area contributed by atoms with Gasteiger partial charge in [-0.2, -0.15) is 0 Å². The van der Waals surface area contributed by atoms with Crippen molar-refractivity contribution in [2.75, 3.05) is 13.1 Å². The number of benzene rings is 1. The van der Waals surface area contributed by atoms with Gasteiger partial charge in [0.1, 0.15) is 0 Å². The first kappa shape index (κ1) is 16.9. The van der Waals surface area contributed by atoms with E-state index in [0.29, 0.717) is 18.5 Å². The summed E-state index contributed by atoms with van der Waals surface area (Å²) >= 11 is 0. The first-order valence-corrected chi connectivity index (χ1v) is 8.21. The zero-order chi connectivity index (χ0) is 17.8. The molecule has 25 heavy (non-hydrogen) atoms. The number of imide groups is 1. The zero-order valence-electron chi connectivity index (χ0n) is 13.6. The van der Waals surface area contributed by atoms with Crippen molar-refractivity contribution in [3.05, 3.63) is 35.4 Å². The maximum Gasteiger partial charge on any atom is 0.339 e. The number of nitrogens with zero attached hydrogens (tertiary/aromatic N) is 1. The Labute approximate surface area is 144 Å². The summed E-state index contributed by atoms with van der Waals surface area (Å²) in [6.45, 7) is 0.510. The predicted molar refractivity (Wildman–Crippen MR) is 86.5 cm³/mol. The summed E-state index contributed by atoms with van der Waals surface area (Å²) in [6, 6.07) is 6.10. The summed E-state index contributed by atoms with van der Waals surface area (Å²) in [5.41, 5.74) is 0.735. The van der Waals surface area contributed by atoms with Gasteiger partial charge in [0.25, 0.3) is 5.91 Å². The third-order valence-corrected chi connectivity index (χ3v) is 4.24. The van der Waals surface area contributed by atoms with E-state index in [0.717, 1.165) is 17.7 Å². The van der Waals surface area contributed by atoms with Crippen LogP contribution in [0.3, 0.4) is 0 Å². The summed E-state index contributed by atoms with van der Waals surface area (Å²) in [7, 11) is 0. The Morgan fingerprint density at radius 2 is 1.96 bits per heavy atom. The number of ether oxygens (including phenoxy) is 1. The van der Waals surface area contributed by atoms with Gasteiger partial charge >= 0.3 is 12.0 Å². The number of nitrogens with one attached hydrogen (secondary N) is 2.